The first-order valence-corrected chi connectivity index (χ1v) is 13.9. The van der Waals surface area contributed by atoms with Gasteiger partial charge in [-0.2, -0.15) is 0 Å². The summed E-state index contributed by atoms with van der Waals surface area (Å²) in [5.41, 5.74) is -1.15. The van der Waals surface area contributed by atoms with Crippen molar-refractivity contribution in [3.8, 4) is 0 Å². The Morgan fingerprint density at radius 2 is 2.06 bits per heavy atom. The van der Waals surface area contributed by atoms with E-state index in [0.29, 0.717) is 43.0 Å². The van der Waals surface area contributed by atoms with E-state index in [1.165, 1.54) is 32.1 Å². The zero-order valence-electron chi connectivity index (χ0n) is 21.9. The van der Waals surface area contributed by atoms with Crippen molar-refractivity contribution in [1.29, 1.82) is 0 Å². The smallest absolute Gasteiger partial charge is 0.317 e. The number of imidazole rings is 1. The van der Waals surface area contributed by atoms with Crippen LogP contribution in [0.2, 0.25) is 5.15 Å². The first kappa shape index (κ1) is 28.2. The van der Waals surface area contributed by atoms with E-state index >= 15 is 0 Å². The lowest BCUT2D eigenvalue weighted by atomic mass is 9.77. The number of carbonyl (C=O) groups is 1. The molecule has 2 aliphatic rings. The van der Waals surface area contributed by atoms with Crippen LogP contribution in [0.4, 0.5) is 4.79 Å². The molecule has 0 radical (unpaired) electrons. The Labute approximate surface area is 216 Å². The van der Waals surface area contributed by atoms with Crippen LogP contribution in [0, 0.1) is 11.8 Å². The van der Waals surface area contributed by atoms with Crippen molar-refractivity contribution in [3.63, 3.8) is 0 Å². The highest BCUT2D eigenvalue weighted by Crippen LogP contribution is 2.39. The molecule has 35 heavy (non-hydrogen) atoms. The van der Waals surface area contributed by atoms with Gasteiger partial charge in [0.05, 0.1) is 6.20 Å². The number of nitrogens with one attached hydrogen (secondary N) is 2. The van der Waals surface area contributed by atoms with E-state index in [9.17, 15) is 9.90 Å². The number of methoxy groups -OCH3 is 1. The fourth-order valence-electron chi connectivity index (χ4n) is 6.01. The molecule has 8 nitrogen and oxygen atoms in total. The number of hydrogen-bond donors (Lipinski definition) is 3. The fourth-order valence-corrected chi connectivity index (χ4v) is 6.14. The van der Waals surface area contributed by atoms with E-state index in [-0.39, 0.29) is 18.0 Å². The second kappa shape index (κ2) is 13.8. The molecule has 2 fully saturated rings. The second-order valence-electron chi connectivity index (χ2n) is 10.6. The highest BCUT2D eigenvalue weighted by atomic mass is 35.5. The molecule has 200 valence electrons. The summed E-state index contributed by atoms with van der Waals surface area (Å²) in [4.78, 5) is 19.7. The Balaban J connectivity index is 1.68. The summed E-state index contributed by atoms with van der Waals surface area (Å²) in [7, 11) is 5.47. The van der Waals surface area contributed by atoms with Gasteiger partial charge < -0.3 is 29.9 Å². The van der Waals surface area contributed by atoms with Gasteiger partial charge in [0.25, 0.3) is 0 Å². The molecule has 2 heterocycles. The molecule has 9 heteroatoms. The average molecular weight is 512 g/mol. The number of likely N-dealkylation sites (N-methyl/N-ethyl adjacent to an activating group) is 1. The first-order chi connectivity index (χ1) is 16.9. The second-order valence-corrected chi connectivity index (χ2v) is 11.0. The zero-order valence-corrected chi connectivity index (χ0v) is 22.7. The molecule has 3 rings (SSSR count). The lowest BCUT2D eigenvalue weighted by Crippen LogP contribution is -2.54. The quantitative estimate of drug-likeness (QED) is 0.368. The van der Waals surface area contributed by atoms with E-state index in [1.54, 1.807) is 17.9 Å². The van der Waals surface area contributed by atoms with Gasteiger partial charge in [-0.1, -0.05) is 43.7 Å². The summed E-state index contributed by atoms with van der Waals surface area (Å²) in [5, 5.41) is 19.1. The number of aliphatic hydroxyl groups is 1. The van der Waals surface area contributed by atoms with Gasteiger partial charge in [-0.15, -0.1) is 0 Å². The van der Waals surface area contributed by atoms with Gasteiger partial charge in [0.1, 0.15) is 16.6 Å². The maximum atomic E-state index is 13.4. The van der Waals surface area contributed by atoms with Gasteiger partial charge in [-0.05, 0) is 51.5 Å². The number of hydrogen-bond acceptors (Lipinski definition) is 5. The number of piperidine rings is 1. The fraction of sp³-hybridized carbons (Fsp3) is 0.846. The summed E-state index contributed by atoms with van der Waals surface area (Å²) in [6.07, 6.45) is 13.0. The van der Waals surface area contributed by atoms with Crippen molar-refractivity contribution in [2.24, 2.45) is 18.9 Å². The number of carbonyl (C=O) groups excluding carboxylic acids is 1. The monoisotopic (exact) mass is 511 g/mol. The number of urea groups is 1. The van der Waals surface area contributed by atoms with E-state index < -0.39 is 5.60 Å². The maximum Gasteiger partial charge on any atom is 0.317 e. The van der Waals surface area contributed by atoms with E-state index in [1.807, 2.05) is 19.0 Å². The summed E-state index contributed by atoms with van der Waals surface area (Å²) in [6, 6.07) is 0.0996. The largest absolute Gasteiger partial charge is 0.385 e. The minimum atomic E-state index is -1.15. The highest BCUT2D eigenvalue weighted by molar-refractivity contribution is 6.29. The van der Waals surface area contributed by atoms with Gasteiger partial charge in [-0.25, -0.2) is 9.78 Å². The predicted octanol–water partition coefficient (Wildman–Crippen LogP) is 4.06. The average Bonchev–Trinajstić information content (AvgIpc) is 3.21. The highest BCUT2D eigenvalue weighted by Gasteiger charge is 2.44. The molecule has 3 atom stereocenters. The van der Waals surface area contributed by atoms with Crippen LogP contribution in [-0.2, 0) is 17.4 Å². The summed E-state index contributed by atoms with van der Waals surface area (Å²) < 4.78 is 6.97. The Morgan fingerprint density at radius 1 is 1.29 bits per heavy atom. The van der Waals surface area contributed by atoms with E-state index in [0.717, 1.165) is 38.6 Å². The summed E-state index contributed by atoms with van der Waals surface area (Å²) in [5.74, 6) is 1.17. The van der Waals surface area contributed by atoms with Crippen LogP contribution in [0.3, 0.4) is 0 Å². The van der Waals surface area contributed by atoms with Gasteiger partial charge in [0.15, 0.2) is 0 Å². The predicted molar refractivity (Wildman–Crippen MR) is 140 cm³/mol. The Kier molecular flexibility index (Phi) is 11.1. The number of rotatable bonds is 12. The van der Waals surface area contributed by atoms with Crippen molar-refractivity contribution in [3.05, 3.63) is 17.2 Å². The Morgan fingerprint density at radius 3 is 2.71 bits per heavy atom. The molecule has 1 aliphatic carbocycles. The number of aromatic nitrogens is 2. The molecule has 3 N–H and O–H groups in total. The normalized spacial score (nSPS) is 22.1. The molecule has 0 bridgehead atoms. The molecular formula is C26H46ClN5O3. The van der Waals surface area contributed by atoms with Crippen LogP contribution in [0.25, 0.3) is 0 Å². The van der Waals surface area contributed by atoms with Crippen molar-refractivity contribution in [2.45, 2.75) is 82.3 Å². The van der Waals surface area contributed by atoms with Crippen molar-refractivity contribution >= 4 is 17.6 Å². The molecule has 1 aromatic rings. The molecule has 0 aromatic carbocycles. The Hall–Kier alpha value is -1.35. The molecule has 1 saturated heterocycles. The molecule has 0 spiro atoms. The van der Waals surface area contributed by atoms with Gasteiger partial charge in [0, 0.05) is 52.4 Å². The third-order valence-corrected chi connectivity index (χ3v) is 8.33. The van der Waals surface area contributed by atoms with Crippen molar-refractivity contribution < 1.29 is 14.6 Å². The molecular weight excluding hydrogens is 466 g/mol. The summed E-state index contributed by atoms with van der Waals surface area (Å²) >= 11 is 6.29. The van der Waals surface area contributed by atoms with E-state index in [4.69, 9.17) is 16.3 Å². The molecule has 1 aromatic heterocycles. The molecule has 1 saturated carbocycles. The zero-order chi connectivity index (χ0) is 25.3. The number of unbranched alkanes of at least 4 members (excludes halogenated alkanes) is 1. The van der Waals surface area contributed by atoms with Crippen LogP contribution in [-0.4, -0.2) is 72.0 Å². The summed E-state index contributed by atoms with van der Waals surface area (Å²) in [6.45, 7) is 2.64. The standard InChI is InChI=1S/C26H46ClN5O3/c1-28-17-22(16-20-10-5-4-6-11-20)30-25(33)32-14-9-12-21(19-32)26(34,13-7-8-15-35-3)24-29-18-23(27)31(24)2/h18,20-22,28,34H,4-17,19H2,1-3H3,(H,30,33). The third kappa shape index (κ3) is 7.57. The van der Waals surface area contributed by atoms with Crippen molar-refractivity contribution in [1.82, 2.24) is 25.1 Å². The van der Waals surface area contributed by atoms with Gasteiger partial charge in [-0.3, -0.25) is 0 Å². The first-order valence-electron chi connectivity index (χ1n) is 13.5. The number of nitrogens with zero attached hydrogens (tertiary/aromatic N) is 3. The topological polar surface area (TPSA) is 91.7 Å². The number of amides is 2. The molecule has 3 unspecified atom stereocenters. The Bertz CT molecular complexity index is 785. The van der Waals surface area contributed by atoms with E-state index in [2.05, 4.69) is 15.6 Å². The number of halogens is 1. The lowest BCUT2D eigenvalue weighted by molar-refractivity contribution is -0.0649. The van der Waals surface area contributed by atoms with Crippen LogP contribution in [0.15, 0.2) is 6.20 Å². The van der Waals surface area contributed by atoms with Crippen molar-refractivity contribution in [2.75, 3.05) is 40.4 Å². The van der Waals surface area contributed by atoms with Gasteiger partial charge in [0.2, 0.25) is 0 Å². The van der Waals surface area contributed by atoms with Crippen LogP contribution >= 0.6 is 11.6 Å². The SMILES string of the molecule is CNCC(CC1CCCCC1)NC(=O)N1CCCC(C(O)(CCCCOC)c2ncc(Cl)n2C)C1. The van der Waals surface area contributed by atoms with Gasteiger partial charge >= 0.3 is 6.03 Å². The minimum absolute atomic E-state index is 0.0228. The minimum Gasteiger partial charge on any atom is -0.385 e. The lowest BCUT2D eigenvalue weighted by Gasteiger charge is -2.42. The van der Waals surface area contributed by atoms with Crippen LogP contribution in [0.1, 0.15) is 76.5 Å². The number of likely N-dealkylation sites (tertiary alicyclic amines) is 1. The van der Waals surface area contributed by atoms with Crippen LogP contribution in [0.5, 0.6) is 0 Å². The number of ether oxygens (including phenoxy) is 1. The third-order valence-electron chi connectivity index (χ3n) is 7.98. The molecule has 2 amide bonds. The van der Waals surface area contributed by atoms with Crippen LogP contribution < -0.4 is 10.6 Å². The maximum absolute atomic E-state index is 13.4. The molecule has 1 aliphatic heterocycles.